The van der Waals surface area contributed by atoms with Gasteiger partial charge < -0.3 is 4.74 Å². The van der Waals surface area contributed by atoms with Crippen molar-refractivity contribution in [3.8, 4) is 5.69 Å². The number of aryl methyl sites for hydroxylation is 1. The number of nitrogens with zero attached hydrogens (tertiary/aromatic N) is 6. The fourth-order valence-electron chi connectivity index (χ4n) is 3.23. The third-order valence-electron chi connectivity index (χ3n) is 4.72. The van der Waals surface area contributed by atoms with Crippen LogP contribution in [0.15, 0.2) is 29.3 Å². The van der Waals surface area contributed by atoms with Crippen LogP contribution in [-0.2, 0) is 17.5 Å². The zero-order valence-corrected chi connectivity index (χ0v) is 18.6. The highest BCUT2D eigenvalue weighted by molar-refractivity contribution is 7.20. The second kappa shape index (κ2) is 8.56. The second-order valence-electron chi connectivity index (χ2n) is 6.80. The number of esters is 1. The fraction of sp³-hybridized carbons (Fsp3) is 0.263. The van der Waals surface area contributed by atoms with Crippen molar-refractivity contribution < 1.29 is 22.7 Å². The molecule has 0 saturated carbocycles. The van der Waals surface area contributed by atoms with E-state index in [9.17, 15) is 22.8 Å². The number of benzene rings is 1. The molecule has 14 heteroatoms. The monoisotopic (exact) mass is 498 g/mol. The molecule has 4 rings (SSSR count). The van der Waals surface area contributed by atoms with Crippen LogP contribution < -0.4 is 5.56 Å². The van der Waals surface area contributed by atoms with Gasteiger partial charge in [-0.1, -0.05) is 11.6 Å². The summed E-state index contributed by atoms with van der Waals surface area (Å²) in [4.78, 5) is 30.1. The van der Waals surface area contributed by atoms with Crippen LogP contribution in [0.3, 0.4) is 0 Å². The summed E-state index contributed by atoms with van der Waals surface area (Å²) >= 11 is 6.77. The number of halogens is 4. The van der Waals surface area contributed by atoms with Crippen LogP contribution in [0.5, 0.6) is 0 Å². The van der Waals surface area contributed by atoms with Crippen LogP contribution in [0, 0.1) is 6.92 Å². The smallest absolute Gasteiger partial charge is 0.418 e. The summed E-state index contributed by atoms with van der Waals surface area (Å²) in [6.07, 6.45) is -3.49. The minimum absolute atomic E-state index is 0.0374. The first kappa shape index (κ1) is 22.9. The molecule has 0 aliphatic heterocycles. The molecule has 0 aliphatic carbocycles. The molecule has 0 radical (unpaired) electrons. The lowest BCUT2D eigenvalue weighted by Gasteiger charge is -2.14. The number of alkyl halides is 3. The van der Waals surface area contributed by atoms with Gasteiger partial charge in [-0.2, -0.15) is 17.9 Å². The molecule has 0 aliphatic rings. The highest BCUT2D eigenvalue weighted by Gasteiger charge is 2.35. The molecular weight excluding hydrogens is 485 g/mol. The predicted molar refractivity (Wildman–Crippen MR) is 113 cm³/mol. The van der Waals surface area contributed by atoms with Crippen molar-refractivity contribution in [3.63, 3.8) is 0 Å². The molecule has 0 saturated heterocycles. The molecule has 0 fully saturated rings. The summed E-state index contributed by atoms with van der Waals surface area (Å²) in [6, 6.07) is 3.20. The first-order chi connectivity index (χ1) is 15.6. The van der Waals surface area contributed by atoms with E-state index in [0.29, 0.717) is 10.4 Å². The zero-order valence-electron chi connectivity index (χ0n) is 17.1. The molecule has 0 spiro atoms. The summed E-state index contributed by atoms with van der Waals surface area (Å²) in [7, 11) is 0. The van der Waals surface area contributed by atoms with Crippen LogP contribution in [-0.4, -0.2) is 42.3 Å². The number of carbonyl (C=O) groups excluding carboxylic acids is 1. The van der Waals surface area contributed by atoms with Crippen LogP contribution in [0.25, 0.3) is 15.9 Å². The third-order valence-corrected chi connectivity index (χ3v) is 6.13. The number of ether oxygens (including phenoxy) is 1. The maximum Gasteiger partial charge on any atom is 0.418 e. The van der Waals surface area contributed by atoms with E-state index in [1.54, 1.807) is 13.8 Å². The van der Waals surface area contributed by atoms with Gasteiger partial charge in [-0.15, -0.1) is 16.4 Å². The van der Waals surface area contributed by atoms with Gasteiger partial charge in [-0.05, 0) is 48.0 Å². The van der Waals surface area contributed by atoms with Gasteiger partial charge in [0.15, 0.2) is 5.82 Å². The van der Waals surface area contributed by atoms with E-state index >= 15 is 0 Å². The Morgan fingerprint density at radius 2 is 2.06 bits per heavy atom. The Balaban J connectivity index is 1.78. The molecule has 0 N–H and O–H groups in total. The van der Waals surface area contributed by atoms with Gasteiger partial charge >= 0.3 is 12.1 Å². The molecule has 3 heterocycles. The lowest BCUT2D eigenvalue weighted by atomic mass is 10.1. The average molecular weight is 499 g/mol. The summed E-state index contributed by atoms with van der Waals surface area (Å²) in [5.41, 5.74) is -1.45. The first-order valence-corrected chi connectivity index (χ1v) is 10.6. The Kier molecular flexibility index (Phi) is 5.93. The van der Waals surface area contributed by atoms with E-state index < -0.39 is 23.3 Å². The number of rotatable bonds is 5. The Morgan fingerprint density at radius 3 is 2.76 bits per heavy atom. The average Bonchev–Trinajstić information content (AvgIpc) is 3.34. The highest BCUT2D eigenvalue weighted by Crippen LogP contribution is 2.35. The summed E-state index contributed by atoms with van der Waals surface area (Å²) in [5.74, 6) is -0.597. The second-order valence-corrected chi connectivity index (χ2v) is 8.24. The largest absolute Gasteiger partial charge is 0.462 e. The standard InChI is InChI=1S/C19H14ClF3N6O3S/c1-3-32-18(31)15-9(2)14-16(33-15)24-8-28(17(14)30)7-13-25-26-27-29(13)12-5-4-10(20)6-11(12)19(21,22)23/h4-6,8H,3,7H2,1-2H3. The molecular formula is C19H14ClF3N6O3S. The highest BCUT2D eigenvalue weighted by atomic mass is 35.5. The number of hydrogen-bond acceptors (Lipinski definition) is 8. The van der Waals surface area contributed by atoms with Crippen LogP contribution in [0.1, 0.15) is 33.5 Å². The van der Waals surface area contributed by atoms with E-state index in [2.05, 4.69) is 20.5 Å². The minimum atomic E-state index is -4.71. The third kappa shape index (κ3) is 4.20. The van der Waals surface area contributed by atoms with Gasteiger partial charge in [-0.3, -0.25) is 9.36 Å². The normalized spacial score (nSPS) is 11.8. The molecule has 0 unspecified atom stereocenters. The van der Waals surface area contributed by atoms with Gasteiger partial charge in [-0.25, -0.2) is 9.78 Å². The number of fused-ring (bicyclic) bond motifs is 1. The van der Waals surface area contributed by atoms with Crippen molar-refractivity contribution >= 4 is 39.1 Å². The van der Waals surface area contributed by atoms with Gasteiger partial charge in [0.2, 0.25) is 0 Å². The SMILES string of the molecule is CCOC(=O)c1sc2ncn(Cc3nnnn3-c3ccc(Cl)cc3C(F)(F)F)c(=O)c2c1C. The van der Waals surface area contributed by atoms with Crippen molar-refractivity contribution in [1.82, 2.24) is 29.8 Å². The van der Waals surface area contributed by atoms with Crippen molar-refractivity contribution in [2.45, 2.75) is 26.6 Å². The van der Waals surface area contributed by atoms with E-state index in [4.69, 9.17) is 16.3 Å². The van der Waals surface area contributed by atoms with Gasteiger partial charge in [0.1, 0.15) is 9.71 Å². The minimum Gasteiger partial charge on any atom is -0.462 e. The van der Waals surface area contributed by atoms with Crippen molar-refractivity contribution in [2.24, 2.45) is 0 Å². The van der Waals surface area contributed by atoms with Gasteiger partial charge in [0.25, 0.3) is 5.56 Å². The quantitative estimate of drug-likeness (QED) is 0.387. The van der Waals surface area contributed by atoms with E-state index in [1.165, 1.54) is 12.4 Å². The first-order valence-electron chi connectivity index (χ1n) is 9.41. The number of thiophene rings is 1. The summed E-state index contributed by atoms with van der Waals surface area (Å²) in [6.45, 7) is 3.18. The number of tetrazole rings is 1. The molecule has 1 aromatic carbocycles. The van der Waals surface area contributed by atoms with E-state index in [0.717, 1.165) is 32.7 Å². The number of carbonyl (C=O) groups is 1. The van der Waals surface area contributed by atoms with Crippen LogP contribution >= 0.6 is 22.9 Å². The van der Waals surface area contributed by atoms with Crippen LogP contribution in [0.4, 0.5) is 13.2 Å². The molecule has 33 heavy (non-hydrogen) atoms. The van der Waals surface area contributed by atoms with E-state index in [1.807, 2.05) is 0 Å². The molecule has 0 amide bonds. The maximum absolute atomic E-state index is 13.5. The molecule has 0 bridgehead atoms. The molecule has 172 valence electrons. The lowest BCUT2D eigenvalue weighted by Crippen LogP contribution is -2.23. The van der Waals surface area contributed by atoms with Crippen molar-refractivity contribution in [3.05, 3.63) is 61.7 Å². The summed E-state index contributed by atoms with van der Waals surface area (Å²) in [5, 5.41) is 11.0. The lowest BCUT2D eigenvalue weighted by molar-refractivity contribution is -0.137. The molecule has 3 aromatic heterocycles. The molecule has 9 nitrogen and oxygen atoms in total. The Labute approximate surface area is 192 Å². The topological polar surface area (TPSA) is 105 Å². The number of hydrogen-bond donors (Lipinski definition) is 0. The predicted octanol–water partition coefficient (Wildman–Crippen LogP) is 3.64. The van der Waals surface area contributed by atoms with E-state index in [-0.39, 0.29) is 39.9 Å². The van der Waals surface area contributed by atoms with Gasteiger partial charge in [0.05, 0.1) is 36.1 Å². The molecule has 4 aromatic rings. The van der Waals surface area contributed by atoms with Crippen molar-refractivity contribution in [1.29, 1.82) is 0 Å². The van der Waals surface area contributed by atoms with Crippen molar-refractivity contribution in [2.75, 3.05) is 6.61 Å². The van der Waals surface area contributed by atoms with Gasteiger partial charge in [0, 0.05) is 5.02 Å². The Hall–Kier alpha value is -3.32. The Bertz CT molecular complexity index is 1430. The van der Waals surface area contributed by atoms with Crippen LogP contribution in [0.2, 0.25) is 5.02 Å². The molecule has 0 atom stereocenters. The summed E-state index contributed by atoms with van der Waals surface area (Å²) < 4.78 is 47.7. The fourth-order valence-corrected chi connectivity index (χ4v) is 4.43. The Morgan fingerprint density at radius 1 is 1.30 bits per heavy atom. The number of aromatic nitrogens is 6. The zero-order chi connectivity index (χ0) is 23.9. The maximum atomic E-state index is 13.5.